The number of hydrogen-bond acceptors (Lipinski definition) is 5. The second-order valence-electron chi connectivity index (χ2n) is 5.32. The van der Waals surface area contributed by atoms with E-state index in [1.165, 1.54) is 11.8 Å². The molecule has 1 saturated heterocycles. The highest BCUT2D eigenvalue weighted by molar-refractivity contribution is 8.15. The average molecular weight is 374 g/mol. The van der Waals surface area contributed by atoms with Crippen molar-refractivity contribution in [1.29, 1.82) is 0 Å². The molecular weight excluding hydrogens is 358 g/mol. The van der Waals surface area contributed by atoms with Gasteiger partial charge in [0.15, 0.2) is 5.17 Å². The molecule has 1 fully saturated rings. The third-order valence-corrected chi connectivity index (χ3v) is 4.88. The van der Waals surface area contributed by atoms with Crippen molar-refractivity contribution < 1.29 is 9.53 Å². The molecule has 1 aliphatic heterocycles. The predicted molar refractivity (Wildman–Crippen MR) is 103 cm³/mol. The van der Waals surface area contributed by atoms with Gasteiger partial charge in [0.1, 0.15) is 5.75 Å². The maximum atomic E-state index is 12.1. The van der Waals surface area contributed by atoms with Crippen molar-refractivity contribution in [2.24, 2.45) is 10.2 Å². The Labute approximate surface area is 155 Å². The lowest BCUT2D eigenvalue weighted by atomic mass is 10.1. The Morgan fingerprint density at radius 3 is 2.92 bits per heavy atom. The van der Waals surface area contributed by atoms with Crippen LogP contribution in [0.2, 0.25) is 5.02 Å². The summed E-state index contributed by atoms with van der Waals surface area (Å²) in [5.74, 6) is 0.643. The second kappa shape index (κ2) is 8.18. The SMILES string of the molecule is COc1ccccc1/C=N/N=C1\NC(=O)C(Cc2cccc(Cl)c2)S1. The van der Waals surface area contributed by atoms with Crippen molar-refractivity contribution in [2.75, 3.05) is 7.11 Å². The summed E-state index contributed by atoms with van der Waals surface area (Å²) >= 11 is 7.35. The number of thioether (sulfide) groups is 1. The van der Waals surface area contributed by atoms with Gasteiger partial charge >= 0.3 is 0 Å². The number of para-hydroxylation sites is 1. The first-order valence-electron chi connectivity index (χ1n) is 7.61. The number of carbonyl (C=O) groups excluding carboxylic acids is 1. The van der Waals surface area contributed by atoms with Gasteiger partial charge in [-0.05, 0) is 36.2 Å². The van der Waals surface area contributed by atoms with E-state index in [-0.39, 0.29) is 11.2 Å². The van der Waals surface area contributed by atoms with Gasteiger partial charge in [-0.25, -0.2) is 0 Å². The monoisotopic (exact) mass is 373 g/mol. The lowest BCUT2D eigenvalue weighted by Crippen LogP contribution is -2.25. The molecule has 1 aliphatic rings. The van der Waals surface area contributed by atoms with E-state index in [1.54, 1.807) is 13.3 Å². The molecule has 1 heterocycles. The van der Waals surface area contributed by atoms with Crippen LogP contribution in [0.5, 0.6) is 5.75 Å². The van der Waals surface area contributed by atoms with Gasteiger partial charge in [0.25, 0.3) is 0 Å². The molecule has 0 radical (unpaired) electrons. The van der Waals surface area contributed by atoms with Gasteiger partial charge in [-0.15, -0.1) is 5.10 Å². The first-order chi connectivity index (χ1) is 12.2. The van der Waals surface area contributed by atoms with Crippen LogP contribution in [0.3, 0.4) is 0 Å². The predicted octanol–water partition coefficient (Wildman–Crippen LogP) is 3.51. The zero-order valence-electron chi connectivity index (χ0n) is 13.5. The van der Waals surface area contributed by atoms with Crippen LogP contribution in [0.15, 0.2) is 58.7 Å². The van der Waals surface area contributed by atoms with Crippen molar-refractivity contribution in [3.05, 3.63) is 64.7 Å². The highest BCUT2D eigenvalue weighted by Gasteiger charge is 2.30. The van der Waals surface area contributed by atoms with E-state index in [1.807, 2.05) is 48.5 Å². The minimum Gasteiger partial charge on any atom is -0.496 e. The number of nitrogens with one attached hydrogen (secondary N) is 1. The maximum Gasteiger partial charge on any atom is 0.239 e. The Morgan fingerprint density at radius 2 is 2.12 bits per heavy atom. The zero-order valence-corrected chi connectivity index (χ0v) is 15.1. The molecule has 0 aliphatic carbocycles. The molecule has 0 saturated carbocycles. The van der Waals surface area contributed by atoms with E-state index in [4.69, 9.17) is 16.3 Å². The molecule has 1 unspecified atom stereocenters. The summed E-state index contributed by atoms with van der Waals surface area (Å²) in [6.07, 6.45) is 2.19. The maximum absolute atomic E-state index is 12.1. The molecule has 3 rings (SSSR count). The van der Waals surface area contributed by atoms with Gasteiger partial charge in [0.2, 0.25) is 5.91 Å². The number of rotatable bonds is 5. The molecule has 25 heavy (non-hydrogen) atoms. The fourth-order valence-corrected chi connectivity index (χ4v) is 3.56. The Balaban J connectivity index is 1.65. The van der Waals surface area contributed by atoms with Crippen LogP contribution in [-0.4, -0.2) is 29.6 Å². The quantitative estimate of drug-likeness (QED) is 0.644. The molecule has 128 valence electrons. The summed E-state index contributed by atoms with van der Waals surface area (Å²) < 4.78 is 5.25. The fraction of sp³-hybridized carbons (Fsp3) is 0.167. The highest BCUT2D eigenvalue weighted by atomic mass is 35.5. The van der Waals surface area contributed by atoms with Crippen molar-refractivity contribution in [3.63, 3.8) is 0 Å². The normalized spacial score (nSPS) is 18.7. The lowest BCUT2D eigenvalue weighted by molar-refractivity contribution is -0.118. The lowest BCUT2D eigenvalue weighted by Gasteiger charge is -2.05. The molecule has 1 atom stereocenters. The Kier molecular flexibility index (Phi) is 5.73. The number of ether oxygens (including phenoxy) is 1. The van der Waals surface area contributed by atoms with Gasteiger partial charge in [-0.2, -0.15) is 5.10 Å². The Hall–Kier alpha value is -2.31. The van der Waals surface area contributed by atoms with Crippen LogP contribution in [0, 0.1) is 0 Å². The number of nitrogens with zero attached hydrogens (tertiary/aromatic N) is 2. The van der Waals surface area contributed by atoms with Gasteiger partial charge in [-0.3, -0.25) is 4.79 Å². The van der Waals surface area contributed by atoms with E-state index in [0.29, 0.717) is 22.4 Å². The number of hydrogen-bond donors (Lipinski definition) is 1. The van der Waals surface area contributed by atoms with E-state index in [2.05, 4.69) is 15.5 Å². The van der Waals surface area contributed by atoms with Gasteiger partial charge in [-0.1, -0.05) is 47.6 Å². The van der Waals surface area contributed by atoms with Crippen LogP contribution in [0.1, 0.15) is 11.1 Å². The molecule has 2 aromatic rings. The Bertz CT molecular complexity index is 839. The summed E-state index contributed by atoms with van der Waals surface area (Å²) in [5, 5.41) is 11.8. The molecule has 7 heteroatoms. The summed E-state index contributed by atoms with van der Waals surface area (Å²) in [7, 11) is 1.60. The summed E-state index contributed by atoms with van der Waals surface area (Å²) in [4.78, 5) is 12.1. The van der Waals surface area contributed by atoms with E-state index in [0.717, 1.165) is 11.1 Å². The van der Waals surface area contributed by atoms with Gasteiger partial charge in [0, 0.05) is 10.6 Å². The van der Waals surface area contributed by atoms with Crippen molar-refractivity contribution >= 4 is 40.7 Å². The first-order valence-corrected chi connectivity index (χ1v) is 8.87. The van der Waals surface area contributed by atoms with Crippen LogP contribution in [0.4, 0.5) is 0 Å². The molecule has 5 nitrogen and oxygen atoms in total. The fourth-order valence-electron chi connectivity index (χ4n) is 2.38. The van der Waals surface area contributed by atoms with E-state index < -0.39 is 0 Å². The average Bonchev–Trinajstić information content (AvgIpc) is 2.95. The van der Waals surface area contributed by atoms with Crippen LogP contribution in [-0.2, 0) is 11.2 Å². The van der Waals surface area contributed by atoms with Crippen LogP contribution < -0.4 is 10.1 Å². The van der Waals surface area contributed by atoms with Crippen molar-refractivity contribution in [3.8, 4) is 5.75 Å². The summed E-state index contributed by atoms with van der Waals surface area (Å²) in [6, 6.07) is 15.0. The number of halogens is 1. The zero-order chi connectivity index (χ0) is 17.6. The van der Waals surface area contributed by atoms with E-state index in [9.17, 15) is 4.79 Å². The number of amides is 1. The van der Waals surface area contributed by atoms with Crippen molar-refractivity contribution in [1.82, 2.24) is 5.32 Å². The first kappa shape index (κ1) is 17.5. The molecule has 0 spiro atoms. The molecule has 1 N–H and O–H groups in total. The van der Waals surface area contributed by atoms with E-state index >= 15 is 0 Å². The van der Waals surface area contributed by atoms with Crippen LogP contribution >= 0.6 is 23.4 Å². The van der Waals surface area contributed by atoms with Gasteiger partial charge in [0.05, 0.1) is 18.6 Å². The standard InChI is InChI=1S/C18H16ClN3O2S/c1-24-15-8-3-2-6-13(15)11-20-22-18-21-17(23)16(25-18)10-12-5-4-7-14(19)9-12/h2-9,11,16H,10H2,1H3,(H,21,22,23)/b20-11+. The summed E-state index contributed by atoms with van der Waals surface area (Å²) in [5.41, 5.74) is 1.83. The molecule has 0 aromatic heterocycles. The number of methoxy groups -OCH3 is 1. The van der Waals surface area contributed by atoms with Gasteiger partial charge < -0.3 is 10.1 Å². The smallest absolute Gasteiger partial charge is 0.239 e. The summed E-state index contributed by atoms with van der Waals surface area (Å²) in [6.45, 7) is 0. The third kappa shape index (κ3) is 4.61. The molecule has 1 amide bonds. The highest BCUT2D eigenvalue weighted by Crippen LogP contribution is 2.24. The minimum atomic E-state index is -0.237. The number of benzene rings is 2. The number of amidine groups is 1. The van der Waals surface area contributed by atoms with Crippen LogP contribution in [0.25, 0.3) is 0 Å². The molecular formula is C18H16ClN3O2S. The molecule has 0 bridgehead atoms. The minimum absolute atomic E-state index is 0.0729. The largest absolute Gasteiger partial charge is 0.496 e. The second-order valence-corrected chi connectivity index (χ2v) is 6.95. The molecule has 2 aromatic carbocycles. The third-order valence-electron chi connectivity index (χ3n) is 3.57. The van der Waals surface area contributed by atoms with Crippen molar-refractivity contribution in [2.45, 2.75) is 11.7 Å². The topological polar surface area (TPSA) is 63.1 Å². The number of carbonyl (C=O) groups is 1. The Morgan fingerprint density at radius 1 is 1.28 bits per heavy atom.